The van der Waals surface area contributed by atoms with Gasteiger partial charge in [0.2, 0.25) is 11.8 Å². The molecule has 1 aromatic rings. The number of hydrazine groups is 1. The van der Waals surface area contributed by atoms with Crippen LogP contribution in [0.4, 0.5) is 0 Å². The number of carbonyl (C=O) groups excluding carboxylic acids is 2. The van der Waals surface area contributed by atoms with Crippen molar-refractivity contribution in [1.82, 2.24) is 16.3 Å². The number of nitrogens with one attached hydrogen (secondary N) is 3. The number of carbonyl (C=O) groups is 2. The fraction of sp³-hybridized carbons (Fsp3) is 0.630. The third kappa shape index (κ3) is 10.4. The molecule has 0 spiro atoms. The molecule has 2 amide bonds. The predicted molar refractivity (Wildman–Crippen MR) is 135 cm³/mol. The molecule has 0 aromatic heterocycles. The number of rotatable bonds is 14. The number of hydroxylamine groups is 1. The molecule has 2 rings (SSSR count). The van der Waals surface area contributed by atoms with Gasteiger partial charge >= 0.3 is 0 Å². The Balaban J connectivity index is 2.12. The molecular formula is C27H43N3O4. The van der Waals surface area contributed by atoms with Gasteiger partial charge in [-0.1, -0.05) is 76.6 Å². The first kappa shape index (κ1) is 28.0. The van der Waals surface area contributed by atoms with E-state index in [0.717, 1.165) is 31.2 Å². The van der Waals surface area contributed by atoms with Gasteiger partial charge in [0.15, 0.2) is 6.29 Å². The predicted octanol–water partition coefficient (Wildman–Crippen LogP) is 4.61. The number of hydrogen-bond donors (Lipinski definition) is 3. The molecule has 0 radical (unpaired) electrons. The summed E-state index contributed by atoms with van der Waals surface area (Å²) in [6, 6.07) is 9.92. The largest absolute Gasteiger partial charge is 0.350 e. The lowest BCUT2D eigenvalue weighted by Gasteiger charge is -2.28. The SMILES string of the molecule is CC[C@H](C)CNNC(=O)[C@H](CC(C)C)[C@H](C/C=C/c1ccccc1)C(=O)NOC1CCCCO1. The highest BCUT2D eigenvalue weighted by molar-refractivity contribution is 5.87. The lowest BCUT2D eigenvalue weighted by atomic mass is 9.82. The second-order valence-electron chi connectivity index (χ2n) is 9.66. The van der Waals surface area contributed by atoms with Crippen LogP contribution in [0.15, 0.2) is 36.4 Å². The molecule has 3 N–H and O–H groups in total. The Hall–Kier alpha value is -2.22. The van der Waals surface area contributed by atoms with Gasteiger partial charge in [-0.2, -0.15) is 0 Å². The van der Waals surface area contributed by atoms with Crippen molar-refractivity contribution in [2.45, 2.75) is 72.5 Å². The standard InChI is InChI=1S/C27H43N3O4/c1-5-21(4)19-28-29-26(31)24(18-20(2)3)23(15-11-14-22-12-7-6-8-13-22)27(32)30-34-25-16-9-10-17-33-25/h6-8,11-14,20-21,23-25,28H,5,9-10,15-19H2,1-4H3,(H,29,31)(H,30,32)/b14-11+/t21-,23-,24+,25?/m0/s1. The zero-order valence-corrected chi connectivity index (χ0v) is 21.2. The summed E-state index contributed by atoms with van der Waals surface area (Å²) in [7, 11) is 0. The van der Waals surface area contributed by atoms with Gasteiger partial charge in [-0.05, 0) is 43.1 Å². The third-order valence-corrected chi connectivity index (χ3v) is 6.17. The second-order valence-corrected chi connectivity index (χ2v) is 9.66. The monoisotopic (exact) mass is 473 g/mol. The van der Waals surface area contributed by atoms with Crippen LogP contribution in [-0.2, 0) is 19.2 Å². The van der Waals surface area contributed by atoms with E-state index in [1.165, 1.54) is 0 Å². The van der Waals surface area contributed by atoms with Gasteiger partial charge in [0.05, 0.1) is 11.8 Å². The van der Waals surface area contributed by atoms with Crippen molar-refractivity contribution in [2.24, 2.45) is 23.7 Å². The molecule has 1 aliphatic rings. The molecule has 0 bridgehead atoms. The molecule has 1 fully saturated rings. The highest BCUT2D eigenvalue weighted by Crippen LogP contribution is 2.26. The van der Waals surface area contributed by atoms with E-state index in [1.54, 1.807) is 0 Å². The van der Waals surface area contributed by atoms with E-state index in [9.17, 15) is 9.59 Å². The van der Waals surface area contributed by atoms with E-state index in [1.807, 2.05) is 42.5 Å². The number of amides is 2. The normalized spacial score (nSPS) is 19.0. The molecule has 7 nitrogen and oxygen atoms in total. The zero-order valence-electron chi connectivity index (χ0n) is 21.2. The Bertz CT molecular complexity index is 748. The van der Waals surface area contributed by atoms with E-state index >= 15 is 0 Å². The van der Waals surface area contributed by atoms with E-state index in [2.05, 4.69) is 44.0 Å². The first-order valence-corrected chi connectivity index (χ1v) is 12.7. The number of allylic oxidation sites excluding steroid dienone is 1. The van der Waals surface area contributed by atoms with Crippen molar-refractivity contribution in [3.63, 3.8) is 0 Å². The van der Waals surface area contributed by atoms with Crippen molar-refractivity contribution in [2.75, 3.05) is 13.2 Å². The summed E-state index contributed by atoms with van der Waals surface area (Å²) >= 11 is 0. The average molecular weight is 474 g/mol. The Morgan fingerprint density at radius 2 is 1.88 bits per heavy atom. The van der Waals surface area contributed by atoms with E-state index < -0.39 is 18.1 Å². The van der Waals surface area contributed by atoms with Crippen LogP contribution in [-0.4, -0.2) is 31.3 Å². The van der Waals surface area contributed by atoms with Gasteiger partial charge in [-0.25, -0.2) is 15.7 Å². The van der Waals surface area contributed by atoms with Crippen LogP contribution < -0.4 is 16.3 Å². The van der Waals surface area contributed by atoms with Gasteiger partial charge < -0.3 is 4.74 Å². The highest BCUT2D eigenvalue weighted by Gasteiger charge is 2.34. The van der Waals surface area contributed by atoms with Gasteiger partial charge in [-0.3, -0.25) is 15.0 Å². The Morgan fingerprint density at radius 1 is 1.12 bits per heavy atom. The quantitative estimate of drug-likeness (QED) is 0.344. The first-order valence-electron chi connectivity index (χ1n) is 12.7. The number of ether oxygens (including phenoxy) is 1. The number of hydrogen-bond acceptors (Lipinski definition) is 5. The van der Waals surface area contributed by atoms with Gasteiger partial charge in [0.1, 0.15) is 0 Å². The molecule has 1 aliphatic heterocycles. The lowest BCUT2D eigenvalue weighted by molar-refractivity contribution is -0.203. The van der Waals surface area contributed by atoms with Crippen LogP contribution in [0.2, 0.25) is 0 Å². The minimum atomic E-state index is -0.573. The fourth-order valence-electron chi connectivity index (χ4n) is 3.88. The fourth-order valence-corrected chi connectivity index (χ4v) is 3.88. The zero-order chi connectivity index (χ0) is 24.8. The van der Waals surface area contributed by atoms with Crippen LogP contribution in [0.1, 0.15) is 71.8 Å². The maximum atomic E-state index is 13.3. The molecule has 1 saturated heterocycles. The summed E-state index contributed by atoms with van der Waals surface area (Å²) in [5.74, 6) is -0.840. The van der Waals surface area contributed by atoms with Crippen LogP contribution in [0, 0.1) is 23.7 Å². The smallest absolute Gasteiger partial charge is 0.247 e. The number of benzene rings is 1. The molecule has 7 heteroatoms. The van der Waals surface area contributed by atoms with Crippen LogP contribution >= 0.6 is 0 Å². The molecule has 34 heavy (non-hydrogen) atoms. The lowest BCUT2D eigenvalue weighted by Crippen LogP contribution is -2.48. The molecule has 0 aliphatic carbocycles. The van der Waals surface area contributed by atoms with Gasteiger partial charge in [0, 0.05) is 19.6 Å². The summed E-state index contributed by atoms with van der Waals surface area (Å²) in [6.07, 6.45) is 8.29. The van der Waals surface area contributed by atoms with Crippen molar-refractivity contribution >= 4 is 17.9 Å². The van der Waals surface area contributed by atoms with E-state index in [-0.39, 0.29) is 17.7 Å². The van der Waals surface area contributed by atoms with Crippen molar-refractivity contribution < 1.29 is 19.2 Å². The van der Waals surface area contributed by atoms with Crippen molar-refractivity contribution in [3.8, 4) is 0 Å². The minimum Gasteiger partial charge on any atom is -0.350 e. The molecular weight excluding hydrogens is 430 g/mol. The molecule has 1 heterocycles. The molecule has 4 atom stereocenters. The van der Waals surface area contributed by atoms with Gasteiger partial charge in [-0.15, -0.1) is 0 Å². The molecule has 190 valence electrons. The Morgan fingerprint density at radius 3 is 2.53 bits per heavy atom. The van der Waals surface area contributed by atoms with Crippen LogP contribution in [0.3, 0.4) is 0 Å². The summed E-state index contributed by atoms with van der Waals surface area (Å²) in [6.45, 7) is 9.68. The van der Waals surface area contributed by atoms with Crippen LogP contribution in [0.25, 0.3) is 6.08 Å². The van der Waals surface area contributed by atoms with Gasteiger partial charge in [0.25, 0.3) is 0 Å². The first-order chi connectivity index (χ1) is 16.4. The summed E-state index contributed by atoms with van der Waals surface area (Å²) < 4.78 is 5.57. The summed E-state index contributed by atoms with van der Waals surface area (Å²) in [4.78, 5) is 32.0. The maximum Gasteiger partial charge on any atom is 0.247 e. The average Bonchev–Trinajstić information content (AvgIpc) is 2.85. The van der Waals surface area contributed by atoms with E-state index in [4.69, 9.17) is 9.57 Å². The molecule has 1 unspecified atom stereocenters. The third-order valence-electron chi connectivity index (χ3n) is 6.17. The topological polar surface area (TPSA) is 88.7 Å². The van der Waals surface area contributed by atoms with Crippen molar-refractivity contribution in [1.29, 1.82) is 0 Å². The summed E-state index contributed by atoms with van der Waals surface area (Å²) in [5, 5.41) is 0. The molecule has 1 aromatic carbocycles. The minimum absolute atomic E-state index is 0.167. The molecule has 0 saturated carbocycles. The van der Waals surface area contributed by atoms with Crippen molar-refractivity contribution in [3.05, 3.63) is 42.0 Å². The Kier molecular flexibility index (Phi) is 12.9. The highest BCUT2D eigenvalue weighted by atomic mass is 16.8. The van der Waals surface area contributed by atoms with E-state index in [0.29, 0.717) is 31.9 Å². The van der Waals surface area contributed by atoms with Crippen LogP contribution in [0.5, 0.6) is 0 Å². The second kappa shape index (κ2) is 15.6. The Labute approximate surface area is 205 Å². The summed E-state index contributed by atoms with van der Waals surface area (Å²) in [5.41, 5.74) is 9.54. The maximum absolute atomic E-state index is 13.3.